The van der Waals surface area contributed by atoms with Crippen molar-refractivity contribution in [3.05, 3.63) is 80.6 Å². The van der Waals surface area contributed by atoms with Crippen LogP contribution in [0.5, 0.6) is 0 Å². The normalized spacial score (nSPS) is 10.5. The second-order valence-corrected chi connectivity index (χ2v) is 6.40. The number of aryl methyl sites for hydroxylation is 1. The molecule has 0 radical (unpaired) electrons. The van der Waals surface area contributed by atoms with E-state index in [4.69, 9.17) is 11.6 Å². The van der Waals surface area contributed by atoms with Crippen molar-refractivity contribution in [2.45, 2.75) is 20.4 Å². The Bertz CT molecular complexity index is 994. The third-order valence-electron chi connectivity index (χ3n) is 4.27. The zero-order valence-corrected chi connectivity index (χ0v) is 15.6. The third kappa shape index (κ3) is 4.15. The summed E-state index contributed by atoms with van der Waals surface area (Å²) in [5.74, 6) is 0.257. The Kier molecular flexibility index (Phi) is 5.52. The first kappa shape index (κ1) is 18.6. The SMILES string of the molecule is Cc1cccc(Nc2ncnc(NCc3ccccc3Cl)c2[N+](=O)[O-])c1C. The lowest BCUT2D eigenvalue weighted by molar-refractivity contribution is -0.383. The lowest BCUT2D eigenvalue weighted by atomic mass is 10.1. The molecule has 0 fully saturated rings. The Hall–Kier alpha value is -3.19. The van der Waals surface area contributed by atoms with Crippen LogP contribution < -0.4 is 10.6 Å². The average Bonchev–Trinajstić information content (AvgIpc) is 2.64. The summed E-state index contributed by atoms with van der Waals surface area (Å²) in [6, 6.07) is 13.0. The van der Waals surface area contributed by atoms with Gasteiger partial charge in [0.05, 0.1) is 4.92 Å². The minimum absolute atomic E-state index is 0.128. The molecule has 0 atom stereocenters. The molecule has 2 aromatic carbocycles. The molecular weight excluding hydrogens is 366 g/mol. The summed E-state index contributed by atoms with van der Waals surface area (Å²) in [5, 5.41) is 18.3. The highest BCUT2D eigenvalue weighted by Gasteiger charge is 2.23. The first-order valence-corrected chi connectivity index (χ1v) is 8.65. The maximum atomic E-state index is 11.7. The first-order valence-electron chi connectivity index (χ1n) is 8.27. The smallest absolute Gasteiger partial charge is 0.353 e. The lowest BCUT2D eigenvalue weighted by Crippen LogP contribution is -2.09. The van der Waals surface area contributed by atoms with Gasteiger partial charge in [0.15, 0.2) is 0 Å². The maximum Gasteiger partial charge on any atom is 0.353 e. The molecule has 0 spiro atoms. The summed E-state index contributed by atoms with van der Waals surface area (Å²) in [7, 11) is 0. The van der Waals surface area contributed by atoms with E-state index in [-0.39, 0.29) is 17.3 Å². The summed E-state index contributed by atoms with van der Waals surface area (Å²) in [5.41, 5.74) is 3.43. The van der Waals surface area contributed by atoms with Crippen molar-refractivity contribution in [2.75, 3.05) is 10.6 Å². The van der Waals surface area contributed by atoms with Crippen LogP contribution in [-0.2, 0) is 6.54 Å². The Balaban J connectivity index is 1.92. The van der Waals surface area contributed by atoms with Crippen LogP contribution in [0.15, 0.2) is 48.8 Å². The first-order chi connectivity index (χ1) is 13.0. The number of hydrogen-bond acceptors (Lipinski definition) is 6. The molecule has 0 amide bonds. The van der Waals surface area contributed by atoms with E-state index in [1.165, 1.54) is 6.33 Å². The molecule has 138 valence electrons. The van der Waals surface area contributed by atoms with Crippen molar-refractivity contribution in [1.82, 2.24) is 9.97 Å². The Labute approximate surface area is 161 Å². The van der Waals surface area contributed by atoms with Gasteiger partial charge in [-0.15, -0.1) is 0 Å². The standard InChI is InChI=1S/C19H18ClN5O2/c1-12-6-5-9-16(13(12)2)24-19-17(25(26)27)18(22-11-23-19)21-10-14-7-3-4-8-15(14)20/h3-9,11H,10H2,1-2H3,(H2,21,22,23,24). The van der Waals surface area contributed by atoms with Gasteiger partial charge in [0, 0.05) is 17.3 Å². The van der Waals surface area contributed by atoms with Gasteiger partial charge in [0.1, 0.15) is 6.33 Å². The molecule has 0 aliphatic rings. The maximum absolute atomic E-state index is 11.7. The van der Waals surface area contributed by atoms with E-state index in [0.717, 1.165) is 22.4 Å². The van der Waals surface area contributed by atoms with E-state index in [1.54, 1.807) is 6.07 Å². The van der Waals surface area contributed by atoms with E-state index in [2.05, 4.69) is 20.6 Å². The molecule has 0 aliphatic carbocycles. The van der Waals surface area contributed by atoms with Crippen molar-refractivity contribution in [3.8, 4) is 0 Å². The summed E-state index contributed by atoms with van der Waals surface area (Å²) < 4.78 is 0. The number of nitro groups is 1. The highest BCUT2D eigenvalue weighted by atomic mass is 35.5. The predicted octanol–water partition coefficient (Wildman–Crippen LogP) is 5.01. The zero-order chi connectivity index (χ0) is 19.4. The summed E-state index contributed by atoms with van der Waals surface area (Å²) in [4.78, 5) is 19.3. The molecule has 3 aromatic rings. The monoisotopic (exact) mass is 383 g/mol. The molecule has 0 saturated heterocycles. The van der Waals surface area contributed by atoms with Crippen molar-refractivity contribution >= 4 is 34.6 Å². The fraction of sp³-hybridized carbons (Fsp3) is 0.158. The van der Waals surface area contributed by atoms with Crippen molar-refractivity contribution in [2.24, 2.45) is 0 Å². The zero-order valence-electron chi connectivity index (χ0n) is 14.9. The number of anilines is 3. The molecule has 2 N–H and O–H groups in total. The number of nitrogens with zero attached hydrogens (tertiary/aromatic N) is 3. The molecule has 1 aromatic heterocycles. The van der Waals surface area contributed by atoms with Crippen LogP contribution in [0.3, 0.4) is 0 Å². The van der Waals surface area contributed by atoms with E-state index >= 15 is 0 Å². The van der Waals surface area contributed by atoms with Crippen LogP contribution in [0, 0.1) is 24.0 Å². The number of nitrogens with one attached hydrogen (secondary N) is 2. The topological polar surface area (TPSA) is 93.0 Å². The van der Waals surface area contributed by atoms with Gasteiger partial charge in [-0.05, 0) is 42.7 Å². The number of benzene rings is 2. The van der Waals surface area contributed by atoms with Gasteiger partial charge >= 0.3 is 5.69 Å². The molecule has 0 unspecified atom stereocenters. The molecule has 7 nitrogen and oxygen atoms in total. The second-order valence-electron chi connectivity index (χ2n) is 5.99. The molecule has 27 heavy (non-hydrogen) atoms. The quantitative estimate of drug-likeness (QED) is 0.459. The number of rotatable bonds is 6. The van der Waals surface area contributed by atoms with Gasteiger partial charge in [-0.25, -0.2) is 9.97 Å². The van der Waals surface area contributed by atoms with Crippen LogP contribution in [0.2, 0.25) is 5.02 Å². The van der Waals surface area contributed by atoms with Gasteiger partial charge in [-0.3, -0.25) is 10.1 Å². The van der Waals surface area contributed by atoms with Crippen LogP contribution in [0.4, 0.5) is 23.0 Å². The Morgan fingerprint density at radius 2 is 1.81 bits per heavy atom. The summed E-state index contributed by atoms with van der Waals surface area (Å²) >= 11 is 6.14. The predicted molar refractivity (Wildman–Crippen MR) is 107 cm³/mol. The highest BCUT2D eigenvalue weighted by molar-refractivity contribution is 6.31. The molecule has 8 heteroatoms. The third-order valence-corrected chi connectivity index (χ3v) is 4.64. The lowest BCUT2D eigenvalue weighted by Gasteiger charge is -2.13. The van der Waals surface area contributed by atoms with Crippen molar-refractivity contribution in [1.29, 1.82) is 0 Å². The minimum Gasteiger partial charge on any atom is -0.360 e. The van der Waals surface area contributed by atoms with E-state index in [1.807, 2.05) is 50.2 Å². The minimum atomic E-state index is -0.498. The van der Waals surface area contributed by atoms with Crippen LogP contribution >= 0.6 is 11.6 Å². The van der Waals surface area contributed by atoms with Crippen LogP contribution in [0.25, 0.3) is 0 Å². The summed E-state index contributed by atoms with van der Waals surface area (Å²) in [6.45, 7) is 4.23. The van der Waals surface area contributed by atoms with E-state index in [0.29, 0.717) is 11.6 Å². The fourth-order valence-corrected chi connectivity index (χ4v) is 2.81. The van der Waals surface area contributed by atoms with E-state index in [9.17, 15) is 10.1 Å². The van der Waals surface area contributed by atoms with Crippen LogP contribution in [-0.4, -0.2) is 14.9 Å². The molecular formula is C19H18ClN5O2. The Morgan fingerprint density at radius 1 is 1.07 bits per heavy atom. The largest absolute Gasteiger partial charge is 0.360 e. The van der Waals surface area contributed by atoms with Crippen molar-refractivity contribution < 1.29 is 4.92 Å². The van der Waals surface area contributed by atoms with Gasteiger partial charge < -0.3 is 10.6 Å². The van der Waals surface area contributed by atoms with Gasteiger partial charge in [-0.1, -0.05) is 41.9 Å². The Morgan fingerprint density at radius 3 is 2.56 bits per heavy atom. The number of hydrogen-bond donors (Lipinski definition) is 2. The van der Waals surface area contributed by atoms with Crippen LogP contribution in [0.1, 0.15) is 16.7 Å². The van der Waals surface area contributed by atoms with E-state index < -0.39 is 4.92 Å². The van der Waals surface area contributed by atoms with Crippen molar-refractivity contribution in [3.63, 3.8) is 0 Å². The van der Waals surface area contributed by atoms with Gasteiger partial charge in [0.2, 0.25) is 11.6 Å². The average molecular weight is 384 g/mol. The number of halogens is 1. The van der Waals surface area contributed by atoms with Gasteiger partial charge in [0.25, 0.3) is 0 Å². The molecule has 0 saturated carbocycles. The number of aromatic nitrogens is 2. The molecule has 0 aliphatic heterocycles. The molecule has 3 rings (SSSR count). The van der Waals surface area contributed by atoms with Gasteiger partial charge in [-0.2, -0.15) is 0 Å². The molecule has 0 bridgehead atoms. The summed E-state index contributed by atoms with van der Waals surface area (Å²) in [6.07, 6.45) is 1.29. The molecule has 1 heterocycles. The highest BCUT2D eigenvalue weighted by Crippen LogP contribution is 2.33. The fourth-order valence-electron chi connectivity index (χ4n) is 2.61. The second kappa shape index (κ2) is 8.01.